The number of nitrogens with zero attached hydrogens (tertiary/aromatic N) is 7. The molecule has 0 saturated carbocycles. The lowest BCUT2D eigenvalue weighted by molar-refractivity contribution is 0.817. The molecule has 0 spiro atoms. The van der Waals surface area contributed by atoms with Crippen molar-refractivity contribution >= 4 is 22.1 Å². The summed E-state index contributed by atoms with van der Waals surface area (Å²) in [5.74, 6) is 0.303. The van der Waals surface area contributed by atoms with Crippen molar-refractivity contribution in [3.63, 3.8) is 0 Å². The zero-order chi connectivity index (χ0) is 23.8. The fourth-order valence-electron chi connectivity index (χ4n) is 4.41. The monoisotopic (exact) mass is 461 g/mol. The van der Waals surface area contributed by atoms with Gasteiger partial charge in [0.05, 0.1) is 17.6 Å². The number of nitrogens with one attached hydrogen (secondary N) is 2. The molecule has 9 nitrogen and oxygen atoms in total. The normalized spacial score (nSPS) is 11.6. The molecule has 0 aliphatic carbocycles. The minimum absolute atomic E-state index is 0.303. The highest BCUT2D eigenvalue weighted by molar-refractivity contribution is 5.83. The van der Waals surface area contributed by atoms with Crippen LogP contribution in [0.5, 0.6) is 0 Å². The Hall–Kier alpha value is -4.53. The van der Waals surface area contributed by atoms with Crippen LogP contribution in [0.3, 0.4) is 0 Å². The predicted molar refractivity (Wildman–Crippen MR) is 134 cm³/mol. The molecular formula is C26H23N9. The Morgan fingerprint density at radius 3 is 2.31 bits per heavy atom. The molecule has 0 atom stereocenters. The second-order valence-electron chi connectivity index (χ2n) is 8.85. The van der Waals surface area contributed by atoms with Crippen LogP contribution >= 0.6 is 0 Å². The summed E-state index contributed by atoms with van der Waals surface area (Å²) in [6.45, 7) is 4.27. The van der Waals surface area contributed by atoms with Crippen molar-refractivity contribution in [2.45, 2.75) is 32.6 Å². The summed E-state index contributed by atoms with van der Waals surface area (Å²) in [7, 11) is 0. The quantitative estimate of drug-likeness (QED) is 0.370. The summed E-state index contributed by atoms with van der Waals surface area (Å²) < 4.78 is 0. The fourth-order valence-corrected chi connectivity index (χ4v) is 4.41. The zero-order valence-electron chi connectivity index (χ0n) is 19.4. The van der Waals surface area contributed by atoms with Crippen molar-refractivity contribution in [2.75, 3.05) is 0 Å². The smallest absolute Gasteiger partial charge is 0.155 e. The van der Waals surface area contributed by atoms with E-state index in [1.807, 2.05) is 24.8 Å². The molecule has 6 aromatic heterocycles. The van der Waals surface area contributed by atoms with Gasteiger partial charge in [0.2, 0.25) is 0 Å². The third-order valence-electron chi connectivity index (χ3n) is 6.16. The fraction of sp³-hybridized carbons (Fsp3) is 0.192. The Morgan fingerprint density at radius 2 is 1.46 bits per heavy atom. The van der Waals surface area contributed by atoms with Gasteiger partial charge in [0.1, 0.15) is 18.3 Å². The van der Waals surface area contributed by atoms with E-state index in [0.717, 1.165) is 74.2 Å². The van der Waals surface area contributed by atoms with Crippen molar-refractivity contribution in [1.29, 1.82) is 0 Å². The van der Waals surface area contributed by atoms with Crippen LogP contribution in [0.2, 0.25) is 0 Å². The zero-order valence-corrected chi connectivity index (χ0v) is 19.4. The molecule has 0 unspecified atom stereocenters. The lowest BCUT2D eigenvalue weighted by Gasteiger charge is -2.10. The molecule has 0 aliphatic heterocycles. The van der Waals surface area contributed by atoms with Gasteiger partial charge in [-0.3, -0.25) is 5.10 Å². The topological polar surface area (TPSA) is 122 Å². The van der Waals surface area contributed by atoms with E-state index in [0.29, 0.717) is 5.92 Å². The first-order valence-electron chi connectivity index (χ1n) is 11.5. The van der Waals surface area contributed by atoms with Crippen LogP contribution in [0, 0.1) is 0 Å². The molecule has 0 bridgehead atoms. The standard InChI is InChI=1S/C26H23N9/c1-15(2)24-22(12-28-14-32-24)18-5-16-7-20(34-25(16)29-9-18)3-4-23-21(11-27-13-31-23)17-6-19-10-33-35-26(19)30-8-17/h5-15H,3-4H2,1-2H3,(H,29,34)(H,30,33,35). The average molecular weight is 462 g/mol. The van der Waals surface area contributed by atoms with Gasteiger partial charge < -0.3 is 4.98 Å². The van der Waals surface area contributed by atoms with Gasteiger partial charge in [-0.1, -0.05) is 13.8 Å². The number of fused-ring (bicyclic) bond motifs is 2. The van der Waals surface area contributed by atoms with Gasteiger partial charge in [0.15, 0.2) is 5.65 Å². The van der Waals surface area contributed by atoms with Crippen LogP contribution in [-0.4, -0.2) is 45.1 Å². The van der Waals surface area contributed by atoms with E-state index in [4.69, 9.17) is 0 Å². The second-order valence-corrected chi connectivity index (χ2v) is 8.85. The van der Waals surface area contributed by atoms with Crippen LogP contribution in [0.25, 0.3) is 44.3 Å². The first-order chi connectivity index (χ1) is 17.2. The van der Waals surface area contributed by atoms with E-state index in [1.54, 1.807) is 18.9 Å². The van der Waals surface area contributed by atoms with E-state index in [2.05, 4.69) is 77.1 Å². The van der Waals surface area contributed by atoms with Crippen LogP contribution in [-0.2, 0) is 12.8 Å². The maximum atomic E-state index is 4.67. The van der Waals surface area contributed by atoms with Crippen molar-refractivity contribution in [3.8, 4) is 22.3 Å². The number of hydrogen-bond donors (Lipinski definition) is 2. The number of hydrogen-bond acceptors (Lipinski definition) is 7. The van der Waals surface area contributed by atoms with Gasteiger partial charge in [-0.2, -0.15) is 5.10 Å². The second kappa shape index (κ2) is 8.68. The van der Waals surface area contributed by atoms with Gasteiger partial charge in [0.25, 0.3) is 0 Å². The van der Waals surface area contributed by atoms with E-state index >= 15 is 0 Å². The van der Waals surface area contributed by atoms with Crippen LogP contribution < -0.4 is 0 Å². The van der Waals surface area contributed by atoms with Crippen molar-refractivity contribution in [3.05, 3.63) is 78.9 Å². The highest BCUT2D eigenvalue weighted by Gasteiger charge is 2.13. The number of rotatable bonds is 6. The van der Waals surface area contributed by atoms with E-state index < -0.39 is 0 Å². The first-order valence-corrected chi connectivity index (χ1v) is 11.5. The van der Waals surface area contributed by atoms with Crippen LogP contribution in [0.1, 0.15) is 36.8 Å². The van der Waals surface area contributed by atoms with Crippen LogP contribution in [0.4, 0.5) is 0 Å². The third kappa shape index (κ3) is 4.01. The Labute approximate surface area is 201 Å². The summed E-state index contributed by atoms with van der Waals surface area (Å²) in [5, 5.41) is 8.96. The average Bonchev–Trinajstić information content (AvgIpc) is 3.53. The highest BCUT2D eigenvalue weighted by Crippen LogP contribution is 2.29. The molecule has 9 heteroatoms. The number of aromatic amines is 2. The maximum absolute atomic E-state index is 4.67. The molecule has 6 heterocycles. The van der Waals surface area contributed by atoms with Gasteiger partial charge in [0, 0.05) is 63.5 Å². The third-order valence-corrected chi connectivity index (χ3v) is 6.16. The van der Waals surface area contributed by atoms with Crippen molar-refractivity contribution < 1.29 is 0 Å². The number of H-pyrrole nitrogens is 2. The Kier molecular flexibility index (Phi) is 5.21. The van der Waals surface area contributed by atoms with Gasteiger partial charge in [-0.15, -0.1) is 0 Å². The molecule has 0 amide bonds. The summed E-state index contributed by atoms with van der Waals surface area (Å²) in [4.78, 5) is 30.1. The predicted octanol–water partition coefficient (Wildman–Crippen LogP) is 4.66. The van der Waals surface area contributed by atoms with Crippen molar-refractivity contribution in [2.24, 2.45) is 0 Å². The number of aryl methyl sites for hydroxylation is 2. The molecule has 0 fully saturated rings. The minimum Gasteiger partial charge on any atom is -0.343 e. The summed E-state index contributed by atoms with van der Waals surface area (Å²) in [5.41, 5.74) is 8.72. The van der Waals surface area contributed by atoms with Crippen molar-refractivity contribution in [1.82, 2.24) is 45.1 Å². The molecule has 0 radical (unpaired) electrons. The van der Waals surface area contributed by atoms with Crippen LogP contribution in [0.15, 0.2) is 61.8 Å². The number of pyridine rings is 2. The Bertz CT molecular complexity index is 1650. The lowest BCUT2D eigenvalue weighted by Crippen LogP contribution is -1.99. The maximum Gasteiger partial charge on any atom is 0.155 e. The van der Waals surface area contributed by atoms with Gasteiger partial charge in [-0.25, -0.2) is 29.9 Å². The molecule has 0 saturated heterocycles. The highest BCUT2D eigenvalue weighted by atomic mass is 15.1. The minimum atomic E-state index is 0.303. The van der Waals surface area contributed by atoms with Gasteiger partial charge in [-0.05, 0) is 37.0 Å². The van der Waals surface area contributed by atoms with Gasteiger partial charge >= 0.3 is 0 Å². The SMILES string of the molecule is CC(C)c1ncncc1-c1cnc2[nH]c(CCc3ncncc3-c3cnc4[nH]ncc4c3)cc2c1. The molecule has 2 N–H and O–H groups in total. The largest absolute Gasteiger partial charge is 0.343 e. The molecule has 6 rings (SSSR count). The molecule has 0 aliphatic rings. The summed E-state index contributed by atoms with van der Waals surface area (Å²) in [6, 6.07) is 6.36. The molecule has 172 valence electrons. The lowest BCUT2D eigenvalue weighted by atomic mass is 10.00. The number of aromatic nitrogens is 9. The molecular weight excluding hydrogens is 438 g/mol. The summed E-state index contributed by atoms with van der Waals surface area (Å²) >= 11 is 0. The Balaban J connectivity index is 1.27. The molecule has 0 aromatic carbocycles. The Morgan fingerprint density at radius 1 is 0.714 bits per heavy atom. The van der Waals surface area contributed by atoms with E-state index in [-0.39, 0.29) is 0 Å². The van der Waals surface area contributed by atoms with E-state index in [1.165, 1.54) is 0 Å². The molecule has 6 aromatic rings. The summed E-state index contributed by atoms with van der Waals surface area (Å²) in [6.07, 6.45) is 13.9. The first kappa shape index (κ1) is 21.0. The molecule has 35 heavy (non-hydrogen) atoms. The van der Waals surface area contributed by atoms with E-state index in [9.17, 15) is 0 Å².